The van der Waals surface area contributed by atoms with Crippen LogP contribution in [0.2, 0.25) is 0 Å². The topological polar surface area (TPSA) is 59.0 Å². The van der Waals surface area contributed by atoms with Crippen LogP contribution in [0.4, 0.5) is 0 Å². The lowest BCUT2D eigenvalue weighted by molar-refractivity contribution is 0.463. The minimum absolute atomic E-state index is 0.0542. The van der Waals surface area contributed by atoms with Gasteiger partial charge < -0.3 is 14.8 Å². The van der Waals surface area contributed by atoms with Gasteiger partial charge in [-0.1, -0.05) is 0 Å². The normalized spacial score (nSPS) is 18.5. The number of rotatable bonds is 2. The summed E-state index contributed by atoms with van der Waals surface area (Å²) < 4.78 is 0. The second kappa shape index (κ2) is 5.34. The minimum Gasteiger partial charge on any atom is -0.361 e. The molecule has 1 aliphatic heterocycles. The largest absolute Gasteiger partial charge is 0.361 e. The van der Waals surface area contributed by atoms with Crippen LogP contribution in [0.25, 0.3) is 0 Å². The van der Waals surface area contributed by atoms with E-state index in [1.165, 1.54) is 11.4 Å². The molecule has 1 unspecified atom stereocenters. The lowest BCUT2D eigenvalue weighted by atomic mass is 10.4. The van der Waals surface area contributed by atoms with Gasteiger partial charge in [-0.3, -0.25) is 5.32 Å². The zero-order chi connectivity index (χ0) is 14.0. The van der Waals surface area contributed by atoms with E-state index in [4.69, 9.17) is 0 Å². The van der Waals surface area contributed by atoms with Crippen LogP contribution in [0.3, 0.4) is 0 Å². The molecule has 0 aromatic carbocycles. The summed E-state index contributed by atoms with van der Waals surface area (Å²) in [5.74, 6) is 1.69. The number of aromatic amines is 1. The number of guanidine groups is 2. The van der Waals surface area contributed by atoms with Crippen molar-refractivity contribution in [2.24, 2.45) is 9.98 Å². The van der Waals surface area contributed by atoms with Gasteiger partial charge in [-0.15, -0.1) is 0 Å². The van der Waals surface area contributed by atoms with Gasteiger partial charge in [0, 0.05) is 32.5 Å². The van der Waals surface area contributed by atoms with E-state index >= 15 is 0 Å². The molecule has 1 aromatic rings. The Morgan fingerprint density at radius 3 is 2.42 bits per heavy atom. The molecule has 104 valence electrons. The molecule has 1 atom stereocenters. The average molecular weight is 262 g/mol. The third-order valence-electron chi connectivity index (χ3n) is 2.93. The lowest BCUT2D eigenvalue weighted by Crippen LogP contribution is -2.49. The smallest absolute Gasteiger partial charge is 0.203 e. The highest BCUT2D eigenvalue weighted by molar-refractivity contribution is 5.99. The fourth-order valence-corrected chi connectivity index (χ4v) is 1.95. The third kappa shape index (κ3) is 3.27. The molecule has 0 spiro atoms. The first kappa shape index (κ1) is 13.5. The van der Waals surface area contributed by atoms with Gasteiger partial charge in [0.25, 0.3) is 0 Å². The molecule has 0 fully saturated rings. The van der Waals surface area contributed by atoms with E-state index in [1.807, 2.05) is 33.0 Å². The summed E-state index contributed by atoms with van der Waals surface area (Å²) in [5.41, 5.74) is 2.34. The van der Waals surface area contributed by atoms with Gasteiger partial charge in [-0.25, -0.2) is 9.98 Å². The van der Waals surface area contributed by atoms with Crippen molar-refractivity contribution in [3.05, 3.63) is 23.5 Å². The van der Waals surface area contributed by atoms with Crippen LogP contribution in [-0.4, -0.2) is 54.0 Å². The first-order chi connectivity index (χ1) is 8.95. The summed E-state index contributed by atoms with van der Waals surface area (Å²) in [6, 6.07) is 4.17. The molecule has 2 N–H and O–H groups in total. The van der Waals surface area contributed by atoms with Crippen molar-refractivity contribution in [2.45, 2.75) is 26.6 Å². The molecule has 19 heavy (non-hydrogen) atoms. The Morgan fingerprint density at radius 1 is 1.16 bits per heavy atom. The van der Waals surface area contributed by atoms with E-state index in [0.29, 0.717) is 0 Å². The van der Waals surface area contributed by atoms with Gasteiger partial charge in [-0.05, 0) is 26.0 Å². The van der Waals surface area contributed by atoms with Crippen LogP contribution in [0, 0.1) is 6.92 Å². The molecule has 6 heteroatoms. The second-order valence-electron chi connectivity index (χ2n) is 5.08. The summed E-state index contributed by atoms with van der Waals surface area (Å²) >= 11 is 0. The van der Waals surface area contributed by atoms with Gasteiger partial charge in [0.15, 0.2) is 0 Å². The van der Waals surface area contributed by atoms with E-state index < -0.39 is 0 Å². The van der Waals surface area contributed by atoms with E-state index in [2.05, 4.69) is 44.2 Å². The highest BCUT2D eigenvalue weighted by Crippen LogP contribution is 2.07. The molecule has 1 aliphatic rings. The van der Waals surface area contributed by atoms with Crippen molar-refractivity contribution in [2.75, 3.05) is 21.1 Å². The predicted octanol–water partition coefficient (Wildman–Crippen LogP) is 0.978. The maximum absolute atomic E-state index is 4.52. The van der Waals surface area contributed by atoms with E-state index in [-0.39, 0.29) is 6.17 Å². The van der Waals surface area contributed by atoms with Crippen LogP contribution in [0.5, 0.6) is 0 Å². The fourth-order valence-electron chi connectivity index (χ4n) is 1.95. The summed E-state index contributed by atoms with van der Waals surface area (Å²) in [4.78, 5) is 16.3. The van der Waals surface area contributed by atoms with Crippen molar-refractivity contribution in [3.8, 4) is 0 Å². The molecule has 0 radical (unpaired) electrons. The molecule has 0 saturated heterocycles. The Hall–Kier alpha value is -1.98. The molecule has 2 heterocycles. The van der Waals surface area contributed by atoms with Crippen LogP contribution >= 0.6 is 0 Å². The van der Waals surface area contributed by atoms with Crippen molar-refractivity contribution < 1.29 is 0 Å². The molecule has 0 aliphatic carbocycles. The van der Waals surface area contributed by atoms with Crippen molar-refractivity contribution >= 4 is 11.9 Å². The van der Waals surface area contributed by atoms with Crippen molar-refractivity contribution in [1.29, 1.82) is 0 Å². The Labute approximate surface area is 114 Å². The molecule has 1 aromatic heterocycles. The van der Waals surface area contributed by atoms with Crippen LogP contribution in [0.1, 0.15) is 18.3 Å². The zero-order valence-corrected chi connectivity index (χ0v) is 12.2. The second-order valence-corrected chi connectivity index (χ2v) is 5.08. The number of nitrogens with zero attached hydrogens (tertiary/aromatic N) is 4. The zero-order valence-electron chi connectivity index (χ0n) is 12.2. The monoisotopic (exact) mass is 262 g/mol. The van der Waals surface area contributed by atoms with Gasteiger partial charge in [0.2, 0.25) is 11.9 Å². The maximum Gasteiger partial charge on any atom is 0.203 e. The van der Waals surface area contributed by atoms with Crippen LogP contribution < -0.4 is 5.32 Å². The van der Waals surface area contributed by atoms with E-state index in [1.54, 1.807) is 0 Å². The summed E-state index contributed by atoms with van der Waals surface area (Å²) in [6.07, 6.45) is -0.0542. The molecular formula is C13H22N6. The molecule has 0 amide bonds. The van der Waals surface area contributed by atoms with Gasteiger partial charge in [0.1, 0.15) is 6.17 Å². The van der Waals surface area contributed by atoms with Crippen LogP contribution in [-0.2, 0) is 6.54 Å². The van der Waals surface area contributed by atoms with Crippen molar-refractivity contribution in [1.82, 2.24) is 20.1 Å². The predicted molar refractivity (Wildman–Crippen MR) is 78.2 cm³/mol. The average Bonchev–Trinajstić information content (AvgIpc) is 2.73. The summed E-state index contributed by atoms with van der Waals surface area (Å²) in [7, 11) is 5.96. The maximum atomic E-state index is 4.52. The quantitative estimate of drug-likeness (QED) is 0.835. The fraction of sp³-hybridized carbons (Fsp3) is 0.538. The SMILES string of the molecule is Cc1ccc(CN(C)C2=NC(C)N=C(N(C)C)N2)[nH]1. The Kier molecular flexibility index (Phi) is 3.78. The first-order valence-corrected chi connectivity index (χ1v) is 6.41. The molecule has 0 saturated carbocycles. The van der Waals surface area contributed by atoms with E-state index in [0.717, 1.165) is 18.5 Å². The first-order valence-electron chi connectivity index (χ1n) is 6.41. The Balaban J connectivity index is 2.05. The summed E-state index contributed by atoms with van der Waals surface area (Å²) in [6.45, 7) is 4.82. The lowest BCUT2D eigenvalue weighted by Gasteiger charge is -2.29. The summed E-state index contributed by atoms with van der Waals surface area (Å²) in [5, 5.41) is 3.25. The number of aliphatic imine (C=N–C) groups is 2. The Morgan fingerprint density at radius 2 is 1.84 bits per heavy atom. The molecule has 2 rings (SSSR count). The van der Waals surface area contributed by atoms with E-state index in [9.17, 15) is 0 Å². The molecule has 0 bridgehead atoms. The number of nitrogens with one attached hydrogen (secondary N) is 2. The number of aromatic nitrogens is 1. The highest BCUT2D eigenvalue weighted by atomic mass is 15.4. The number of H-pyrrole nitrogens is 1. The number of hydrogen-bond acceptors (Lipinski definition) is 5. The van der Waals surface area contributed by atoms with Gasteiger partial charge in [-0.2, -0.15) is 0 Å². The molecular weight excluding hydrogens is 240 g/mol. The number of aryl methyl sites for hydroxylation is 1. The van der Waals surface area contributed by atoms with Crippen LogP contribution in [0.15, 0.2) is 22.1 Å². The standard InChI is InChI=1S/C13H22N6/c1-9-6-7-11(14-9)8-19(5)13-16-10(2)15-12(17-13)18(3)4/h6-7,10,14H,8H2,1-5H3,(H,15,16,17). The number of hydrogen-bond donors (Lipinski definition) is 2. The van der Waals surface area contributed by atoms with Gasteiger partial charge >= 0.3 is 0 Å². The Bertz CT molecular complexity index is 499. The molecule has 6 nitrogen and oxygen atoms in total. The highest BCUT2D eigenvalue weighted by Gasteiger charge is 2.18. The third-order valence-corrected chi connectivity index (χ3v) is 2.93. The van der Waals surface area contributed by atoms with Gasteiger partial charge in [0.05, 0.1) is 6.54 Å². The minimum atomic E-state index is -0.0542. The van der Waals surface area contributed by atoms with Crippen molar-refractivity contribution in [3.63, 3.8) is 0 Å².